The minimum atomic E-state index is 0.227. The van der Waals surface area contributed by atoms with Gasteiger partial charge in [0.1, 0.15) is 5.82 Å². The third-order valence-electron chi connectivity index (χ3n) is 5.09. The summed E-state index contributed by atoms with van der Waals surface area (Å²) in [7, 11) is 4.30. The summed E-state index contributed by atoms with van der Waals surface area (Å²) in [5.41, 5.74) is 8.67. The first-order chi connectivity index (χ1) is 9.93. The van der Waals surface area contributed by atoms with Crippen LogP contribution in [0.2, 0.25) is 0 Å². The van der Waals surface area contributed by atoms with Crippen LogP contribution in [0.5, 0.6) is 0 Å². The average Bonchev–Trinajstić information content (AvgIpc) is 2.72. The fraction of sp³-hybridized carbons (Fsp3) is 0.824. The van der Waals surface area contributed by atoms with Crippen LogP contribution in [-0.4, -0.2) is 28.9 Å². The van der Waals surface area contributed by atoms with Crippen molar-refractivity contribution in [3.8, 4) is 0 Å². The number of hydrogen-bond acceptors (Lipinski definition) is 3. The molecule has 0 radical (unpaired) electrons. The second kappa shape index (κ2) is 6.82. The van der Waals surface area contributed by atoms with E-state index in [0.29, 0.717) is 6.04 Å². The van der Waals surface area contributed by atoms with Crippen LogP contribution in [0.15, 0.2) is 0 Å². The van der Waals surface area contributed by atoms with Gasteiger partial charge >= 0.3 is 0 Å². The van der Waals surface area contributed by atoms with E-state index in [1.807, 2.05) is 4.68 Å². The quantitative estimate of drug-likeness (QED) is 0.907. The summed E-state index contributed by atoms with van der Waals surface area (Å²) < 4.78 is 2.05. The minimum Gasteiger partial charge on any atom is -0.357 e. The van der Waals surface area contributed by atoms with Crippen LogP contribution in [0.4, 0.5) is 5.82 Å². The molecular weight excluding hydrogens is 260 g/mol. The van der Waals surface area contributed by atoms with Gasteiger partial charge in [-0.2, -0.15) is 5.10 Å². The van der Waals surface area contributed by atoms with Gasteiger partial charge in [0.05, 0.1) is 5.69 Å². The number of nitrogens with zero attached hydrogens (tertiary/aromatic N) is 3. The van der Waals surface area contributed by atoms with Gasteiger partial charge in [0.2, 0.25) is 0 Å². The number of hydrogen-bond donors (Lipinski definition) is 1. The van der Waals surface area contributed by atoms with Gasteiger partial charge in [0.25, 0.3) is 0 Å². The largest absolute Gasteiger partial charge is 0.357 e. The number of anilines is 1. The molecule has 0 amide bonds. The summed E-state index contributed by atoms with van der Waals surface area (Å²) >= 11 is 0. The zero-order valence-electron chi connectivity index (χ0n) is 14.4. The summed E-state index contributed by atoms with van der Waals surface area (Å²) in [5, 5.41) is 4.65. The molecule has 4 nitrogen and oxygen atoms in total. The Hall–Kier alpha value is -1.03. The lowest BCUT2D eigenvalue weighted by molar-refractivity contribution is 0.334. The molecule has 0 aliphatic heterocycles. The summed E-state index contributed by atoms with van der Waals surface area (Å²) in [4.78, 5) is 2.47. The van der Waals surface area contributed by atoms with Gasteiger partial charge in [-0.15, -0.1) is 0 Å². The standard InChI is InChI=1S/C17H32N4/c1-6-14(18)11-16-13(3)19-21(5)17(16)20(4)15-9-7-8-12(2)10-15/h12,14-15H,6-11,18H2,1-5H3. The van der Waals surface area contributed by atoms with Gasteiger partial charge in [-0.25, -0.2) is 0 Å². The summed E-state index contributed by atoms with van der Waals surface area (Å²) in [6.45, 7) is 6.64. The van der Waals surface area contributed by atoms with E-state index in [4.69, 9.17) is 5.73 Å². The highest BCUT2D eigenvalue weighted by molar-refractivity contribution is 5.51. The molecular formula is C17H32N4. The first kappa shape index (κ1) is 16.3. The number of aromatic nitrogens is 2. The molecule has 1 fully saturated rings. The van der Waals surface area contributed by atoms with Crippen LogP contribution in [0.1, 0.15) is 57.2 Å². The van der Waals surface area contributed by atoms with Crippen molar-refractivity contribution >= 4 is 5.82 Å². The average molecular weight is 292 g/mol. The Labute approximate surface area is 129 Å². The van der Waals surface area contributed by atoms with Crippen molar-refractivity contribution in [2.24, 2.45) is 18.7 Å². The highest BCUT2D eigenvalue weighted by Crippen LogP contribution is 2.32. The fourth-order valence-electron chi connectivity index (χ4n) is 3.70. The SMILES string of the molecule is CCC(N)Cc1c(C)nn(C)c1N(C)C1CCCC(C)C1. The molecule has 0 spiro atoms. The smallest absolute Gasteiger partial charge is 0.130 e. The number of rotatable bonds is 5. The first-order valence-corrected chi connectivity index (χ1v) is 8.44. The molecule has 2 rings (SSSR count). The Morgan fingerprint density at radius 2 is 2.14 bits per heavy atom. The molecule has 0 bridgehead atoms. The van der Waals surface area contributed by atoms with Gasteiger partial charge in [-0.1, -0.05) is 26.7 Å². The molecule has 1 heterocycles. The van der Waals surface area contributed by atoms with Crippen molar-refractivity contribution in [3.05, 3.63) is 11.3 Å². The molecule has 3 unspecified atom stereocenters. The zero-order valence-corrected chi connectivity index (χ0v) is 14.4. The summed E-state index contributed by atoms with van der Waals surface area (Å²) in [6, 6.07) is 0.866. The Bertz CT molecular complexity index is 466. The minimum absolute atomic E-state index is 0.227. The molecule has 1 aliphatic rings. The molecule has 21 heavy (non-hydrogen) atoms. The highest BCUT2D eigenvalue weighted by atomic mass is 15.4. The van der Waals surface area contributed by atoms with Crippen LogP contribution in [-0.2, 0) is 13.5 Å². The van der Waals surface area contributed by atoms with Gasteiger partial charge in [-0.05, 0) is 38.5 Å². The van der Waals surface area contributed by atoms with Crippen LogP contribution in [0, 0.1) is 12.8 Å². The molecule has 120 valence electrons. The molecule has 4 heteroatoms. The normalized spacial score (nSPS) is 24.1. The predicted molar refractivity (Wildman–Crippen MR) is 89.7 cm³/mol. The Balaban J connectivity index is 2.24. The lowest BCUT2D eigenvalue weighted by atomic mass is 9.86. The van der Waals surface area contributed by atoms with Gasteiger partial charge in [-0.3, -0.25) is 4.68 Å². The first-order valence-electron chi connectivity index (χ1n) is 8.44. The van der Waals surface area contributed by atoms with Crippen LogP contribution < -0.4 is 10.6 Å². The van der Waals surface area contributed by atoms with Crippen molar-refractivity contribution in [2.45, 2.75) is 71.4 Å². The van der Waals surface area contributed by atoms with Crippen molar-refractivity contribution in [1.29, 1.82) is 0 Å². The maximum atomic E-state index is 6.20. The summed E-state index contributed by atoms with van der Waals surface area (Å²) in [6.07, 6.45) is 7.25. The fourth-order valence-corrected chi connectivity index (χ4v) is 3.70. The number of nitrogens with two attached hydrogens (primary N) is 1. The Kier molecular flexibility index (Phi) is 5.31. The molecule has 0 saturated heterocycles. The van der Waals surface area contributed by atoms with E-state index in [-0.39, 0.29) is 6.04 Å². The second-order valence-electron chi connectivity index (χ2n) is 6.92. The molecule has 1 aromatic rings. The lowest BCUT2D eigenvalue weighted by Crippen LogP contribution is -2.37. The van der Waals surface area contributed by atoms with Crippen molar-refractivity contribution in [1.82, 2.24) is 9.78 Å². The maximum Gasteiger partial charge on any atom is 0.130 e. The molecule has 1 aliphatic carbocycles. The maximum absolute atomic E-state index is 6.20. The second-order valence-corrected chi connectivity index (χ2v) is 6.92. The molecule has 1 saturated carbocycles. The number of aryl methyl sites for hydroxylation is 2. The lowest BCUT2D eigenvalue weighted by Gasteiger charge is -2.36. The zero-order chi connectivity index (χ0) is 15.6. The molecule has 1 aromatic heterocycles. The monoisotopic (exact) mass is 292 g/mol. The van der Waals surface area contributed by atoms with Gasteiger partial charge < -0.3 is 10.6 Å². The molecule has 2 N–H and O–H groups in total. The molecule has 0 aromatic carbocycles. The van der Waals surface area contributed by atoms with E-state index < -0.39 is 0 Å². The third kappa shape index (κ3) is 3.60. The van der Waals surface area contributed by atoms with Crippen LogP contribution in [0.25, 0.3) is 0 Å². The van der Waals surface area contributed by atoms with Crippen molar-refractivity contribution in [2.75, 3.05) is 11.9 Å². The van der Waals surface area contributed by atoms with Crippen LogP contribution >= 0.6 is 0 Å². The molecule has 3 atom stereocenters. The van der Waals surface area contributed by atoms with E-state index in [2.05, 4.69) is 44.9 Å². The third-order valence-corrected chi connectivity index (χ3v) is 5.09. The van der Waals surface area contributed by atoms with E-state index in [1.54, 1.807) is 0 Å². The van der Waals surface area contributed by atoms with E-state index >= 15 is 0 Å². The van der Waals surface area contributed by atoms with Gasteiger partial charge in [0, 0.05) is 31.7 Å². The van der Waals surface area contributed by atoms with Crippen LogP contribution in [0.3, 0.4) is 0 Å². The topological polar surface area (TPSA) is 47.1 Å². The summed E-state index contributed by atoms with van der Waals surface area (Å²) in [5.74, 6) is 2.11. The van der Waals surface area contributed by atoms with E-state index in [1.165, 1.54) is 37.1 Å². The van der Waals surface area contributed by atoms with Crippen molar-refractivity contribution in [3.63, 3.8) is 0 Å². The predicted octanol–water partition coefficient (Wildman–Crippen LogP) is 3.02. The Morgan fingerprint density at radius 3 is 2.76 bits per heavy atom. The Morgan fingerprint density at radius 1 is 1.43 bits per heavy atom. The highest BCUT2D eigenvalue weighted by Gasteiger charge is 2.27. The van der Waals surface area contributed by atoms with E-state index in [9.17, 15) is 0 Å². The van der Waals surface area contributed by atoms with E-state index in [0.717, 1.165) is 24.5 Å². The van der Waals surface area contributed by atoms with Crippen molar-refractivity contribution < 1.29 is 0 Å². The van der Waals surface area contributed by atoms with Gasteiger partial charge in [0.15, 0.2) is 0 Å².